The Morgan fingerprint density at radius 1 is 1.11 bits per heavy atom. The minimum Gasteiger partial charge on any atom is -0.497 e. The van der Waals surface area contributed by atoms with Crippen LogP contribution in [0.4, 0.5) is 0 Å². The molecule has 3 heteroatoms. The summed E-state index contributed by atoms with van der Waals surface area (Å²) in [6, 6.07) is 14.5. The summed E-state index contributed by atoms with van der Waals surface area (Å²) in [5.74, 6) is -0.479. The molecule has 0 heterocycles. The smallest absolute Gasteiger partial charge is 0.336 e. The van der Waals surface area contributed by atoms with Gasteiger partial charge in [0.05, 0.1) is 12.7 Å². The van der Waals surface area contributed by atoms with Crippen LogP contribution in [0.15, 0.2) is 55.1 Å². The summed E-state index contributed by atoms with van der Waals surface area (Å²) < 4.78 is 5.05. The zero-order valence-electron chi connectivity index (χ0n) is 10.6. The van der Waals surface area contributed by atoms with Gasteiger partial charge in [0.15, 0.2) is 0 Å². The zero-order chi connectivity index (χ0) is 13.8. The Hall–Kier alpha value is -2.55. The number of ether oxygens (including phenoxy) is 1. The second-order valence-electron chi connectivity index (χ2n) is 4.06. The van der Waals surface area contributed by atoms with Gasteiger partial charge in [-0.15, -0.1) is 0 Å². The molecule has 0 radical (unpaired) electrons. The quantitative estimate of drug-likeness (QED) is 0.908. The fourth-order valence-corrected chi connectivity index (χ4v) is 1.89. The van der Waals surface area contributed by atoms with Crippen molar-refractivity contribution >= 4 is 11.5 Å². The molecule has 96 valence electrons. The minimum absolute atomic E-state index is 0.188. The summed E-state index contributed by atoms with van der Waals surface area (Å²) in [6.07, 6.45) is 0. The molecule has 0 fully saturated rings. The molecule has 2 rings (SSSR count). The number of methoxy groups -OCH3 is 1. The van der Waals surface area contributed by atoms with E-state index in [0.717, 1.165) is 5.56 Å². The van der Waals surface area contributed by atoms with Crippen LogP contribution in [-0.2, 0) is 0 Å². The highest BCUT2D eigenvalue weighted by Gasteiger charge is 2.14. The van der Waals surface area contributed by atoms with Crippen molar-refractivity contribution in [3.8, 4) is 5.75 Å². The number of hydrogen-bond acceptors (Lipinski definition) is 2. The molecule has 0 bridgehead atoms. The molecule has 1 N–H and O–H groups in total. The van der Waals surface area contributed by atoms with Crippen molar-refractivity contribution < 1.29 is 14.6 Å². The number of carbonyl (C=O) groups is 1. The molecule has 0 amide bonds. The first-order valence-corrected chi connectivity index (χ1v) is 5.79. The van der Waals surface area contributed by atoms with Crippen molar-refractivity contribution in [3.05, 3.63) is 71.8 Å². The molecule has 0 saturated heterocycles. The van der Waals surface area contributed by atoms with E-state index in [1.165, 1.54) is 13.2 Å². The molecule has 2 aromatic rings. The molecule has 0 aliphatic heterocycles. The fraction of sp³-hybridized carbons (Fsp3) is 0.0625. The molecule has 3 nitrogen and oxygen atoms in total. The Morgan fingerprint density at radius 2 is 1.79 bits per heavy atom. The average molecular weight is 254 g/mol. The lowest BCUT2D eigenvalue weighted by molar-refractivity contribution is 0.0696. The molecule has 2 aromatic carbocycles. The number of rotatable bonds is 4. The molecule has 0 atom stereocenters. The number of carboxylic acids is 1. The van der Waals surface area contributed by atoms with E-state index in [-0.39, 0.29) is 5.56 Å². The summed E-state index contributed by atoms with van der Waals surface area (Å²) in [5, 5.41) is 9.28. The van der Waals surface area contributed by atoms with E-state index in [0.29, 0.717) is 16.9 Å². The maximum absolute atomic E-state index is 11.3. The normalized spacial score (nSPS) is 9.95. The van der Waals surface area contributed by atoms with E-state index < -0.39 is 5.97 Å². The topological polar surface area (TPSA) is 46.5 Å². The first kappa shape index (κ1) is 12.9. The Kier molecular flexibility index (Phi) is 3.66. The average Bonchev–Trinajstić information content (AvgIpc) is 2.46. The lowest BCUT2D eigenvalue weighted by Gasteiger charge is -2.11. The Balaban J connectivity index is 2.50. The highest BCUT2D eigenvalue weighted by atomic mass is 16.5. The van der Waals surface area contributed by atoms with Crippen LogP contribution >= 0.6 is 0 Å². The number of hydrogen-bond donors (Lipinski definition) is 1. The van der Waals surface area contributed by atoms with Crippen molar-refractivity contribution in [1.29, 1.82) is 0 Å². The van der Waals surface area contributed by atoms with Gasteiger partial charge in [-0.3, -0.25) is 0 Å². The maximum Gasteiger partial charge on any atom is 0.336 e. The second-order valence-corrected chi connectivity index (χ2v) is 4.06. The van der Waals surface area contributed by atoms with Crippen LogP contribution in [0.5, 0.6) is 5.75 Å². The predicted octanol–water partition coefficient (Wildman–Crippen LogP) is 3.45. The second kappa shape index (κ2) is 5.40. The van der Waals surface area contributed by atoms with Gasteiger partial charge in [0.25, 0.3) is 0 Å². The van der Waals surface area contributed by atoms with Gasteiger partial charge < -0.3 is 9.84 Å². The molecule has 0 unspecified atom stereocenters. The van der Waals surface area contributed by atoms with Crippen LogP contribution in [-0.4, -0.2) is 18.2 Å². The molecule has 0 aliphatic carbocycles. The van der Waals surface area contributed by atoms with Crippen molar-refractivity contribution in [3.63, 3.8) is 0 Å². The molecule has 19 heavy (non-hydrogen) atoms. The highest BCUT2D eigenvalue weighted by Crippen LogP contribution is 2.27. The monoisotopic (exact) mass is 254 g/mol. The lowest BCUT2D eigenvalue weighted by atomic mass is 9.95. The van der Waals surface area contributed by atoms with E-state index in [1.54, 1.807) is 12.1 Å². The van der Waals surface area contributed by atoms with E-state index >= 15 is 0 Å². The Bertz CT molecular complexity index is 615. The van der Waals surface area contributed by atoms with Crippen LogP contribution in [0.2, 0.25) is 0 Å². The third-order valence-electron chi connectivity index (χ3n) is 2.90. The first-order valence-electron chi connectivity index (χ1n) is 5.79. The van der Waals surface area contributed by atoms with Gasteiger partial charge in [-0.05, 0) is 34.9 Å². The van der Waals surface area contributed by atoms with Gasteiger partial charge in [-0.2, -0.15) is 0 Å². The Morgan fingerprint density at radius 3 is 2.37 bits per heavy atom. The molecular formula is C16H14O3. The molecular weight excluding hydrogens is 240 g/mol. The summed E-state index contributed by atoms with van der Waals surface area (Å²) in [7, 11) is 1.51. The summed E-state index contributed by atoms with van der Waals surface area (Å²) in [6.45, 7) is 3.99. The predicted molar refractivity (Wildman–Crippen MR) is 74.5 cm³/mol. The summed E-state index contributed by atoms with van der Waals surface area (Å²) in [4.78, 5) is 11.3. The van der Waals surface area contributed by atoms with Gasteiger partial charge in [-0.25, -0.2) is 4.79 Å². The summed E-state index contributed by atoms with van der Waals surface area (Å²) in [5.41, 5.74) is 2.36. The molecule has 0 aliphatic rings. The van der Waals surface area contributed by atoms with Crippen molar-refractivity contribution in [2.75, 3.05) is 7.11 Å². The van der Waals surface area contributed by atoms with Gasteiger partial charge in [0.2, 0.25) is 0 Å². The first-order chi connectivity index (χ1) is 9.13. The van der Waals surface area contributed by atoms with Crippen LogP contribution in [0.25, 0.3) is 5.57 Å². The number of carboxylic acid groups (broad SMARTS) is 1. The van der Waals surface area contributed by atoms with E-state index in [9.17, 15) is 9.90 Å². The van der Waals surface area contributed by atoms with Gasteiger partial charge >= 0.3 is 5.97 Å². The van der Waals surface area contributed by atoms with Gasteiger partial charge in [-0.1, -0.05) is 36.9 Å². The summed E-state index contributed by atoms with van der Waals surface area (Å²) >= 11 is 0. The number of benzene rings is 2. The third-order valence-corrected chi connectivity index (χ3v) is 2.90. The third kappa shape index (κ3) is 2.65. The fourth-order valence-electron chi connectivity index (χ4n) is 1.89. The zero-order valence-corrected chi connectivity index (χ0v) is 10.6. The molecule has 0 aromatic heterocycles. The molecule has 0 saturated carbocycles. The van der Waals surface area contributed by atoms with E-state index in [2.05, 4.69) is 6.58 Å². The van der Waals surface area contributed by atoms with Crippen molar-refractivity contribution in [1.82, 2.24) is 0 Å². The van der Waals surface area contributed by atoms with Crippen molar-refractivity contribution in [2.24, 2.45) is 0 Å². The van der Waals surface area contributed by atoms with Crippen LogP contribution in [0.3, 0.4) is 0 Å². The van der Waals surface area contributed by atoms with E-state index in [1.807, 2.05) is 30.3 Å². The van der Waals surface area contributed by atoms with Crippen LogP contribution in [0, 0.1) is 0 Å². The van der Waals surface area contributed by atoms with Crippen molar-refractivity contribution in [2.45, 2.75) is 0 Å². The van der Waals surface area contributed by atoms with E-state index in [4.69, 9.17) is 4.74 Å². The Labute approximate surface area is 111 Å². The lowest BCUT2D eigenvalue weighted by Crippen LogP contribution is -2.03. The number of aromatic carboxylic acids is 1. The highest BCUT2D eigenvalue weighted by molar-refractivity contribution is 5.96. The van der Waals surface area contributed by atoms with Crippen LogP contribution in [0.1, 0.15) is 21.5 Å². The SMILES string of the molecule is C=C(c1ccccc1)c1ccc(OC)cc1C(=O)O. The molecule has 0 spiro atoms. The minimum atomic E-state index is -0.994. The van der Waals surface area contributed by atoms with Gasteiger partial charge in [0, 0.05) is 0 Å². The van der Waals surface area contributed by atoms with Gasteiger partial charge in [0.1, 0.15) is 5.75 Å². The van der Waals surface area contributed by atoms with Crippen LogP contribution < -0.4 is 4.74 Å². The maximum atomic E-state index is 11.3. The standard InChI is InChI=1S/C16H14O3/c1-11(12-6-4-3-5-7-12)14-9-8-13(19-2)10-15(14)16(17)18/h3-10H,1H2,2H3,(H,17,18). The largest absolute Gasteiger partial charge is 0.497 e.